The first-order valence-corrected chi connectivity index (χ1v) is 10.6. The lowest BCUT2D eigenvalue weighted by molar-refractivity contribution is -0.136. The Labute approximate surface area is 188 Å². The number of carbonyl (C=O) groups excluding carboxylic acids is 2. The minimum atomic E-state index is -1.97. The fraction of sp³-hybridized carbons (Fsp3) is 0.167. The molecule has 0 fully saturated rings. The molecule has 3 aromatic carbocycles. The van der Waals surface area contributed by atoms with Crippen molar-refractivity contribution in [2.24, 2.45) is 0 Å². The van der Waals surface area contributed by atoms with Gasteiger partial charge >= 0.3 is 0 Å². The van der Waals surface area contributed by atoms with Crippen LogP contribution in [0.15, 0.2) is 71.2 Å². The van der Waals surface area contributed by atoms with Gasteiger partial charge < -0.3 is 10.0 Å². The molecular weight excluding hydrogens is 466 g/mol. The Morgan fingerprint density at radius 3 is 2.60 bits per heavy atom. The number of nitrogens with zero attached hydrogens (tertiary/aromatic N) is 1. The van der Waals surface area contributed by atoms with Crippen molar-refractivity contribution in [2.75, 3.05) is 4.90 Å². The molecule has 30 heavy (non-hydrogen) atoms. The number of aryl methyl sites for hydroxylation is 1. The zero-order valence-corrected chi connectivity index (χ0v) is 18.6. The van der Waals surface area contributed by atoms with E-state index in [9.17, 15) is 14.7 Å². The highest BCUT2D eigenvalue weighted by atomic mass is 79.9. The van der Waals surface area contributed by atoms with Gasteiger partial charge in [-0.1, -0.05) is 63.9 Å². The van der Waals surface area contributed by atoms with Crippen LogP contribution in [0.3, 0.4) is 0 Å². The normalized spacial score (nSPS) is 17.9. The number of hydrogen-bond acceptors (Lipinski definition) is 3. The van der Waals surface area contributed by atoms with Crippen LogP contribution in [0.5, 0.6) is 0 Å². The van der Waals surface area contributed by atoms with Gasteiger partial charge in [0.25, 0.3) is 5.91 Å². The van der Waals surface area contributed by atoms with Gasteiger partial charge in [0.15, 0.2) is 11.4 Å². The Hall–Kier alpha value is -2.47. The number of aliphatic hydroxyl groups is 1. The summed E-state index contributed by atoms with van der Waals surface area (Å²) in [6.45, 7) is 2.27. The van der Waals surface area contributed by atoms with Crippen molar-refractivity contribution in [3.8, 4) is 0 Å². The van der Waals surface area contributed by atoms with Gasteiger partial charge in [0, 0.05) is 20.6 Å². The summed E-state index contributed by atoms with van der Waals surface area (Å²) in [6, 6.07) is 19.6. The van der Waals surface area contributed by atoms with E-state index in [2.05, 4.69) is 15.9 Å². The summed E-state index contributed by atoms with van der Waals surface area (Å²) >= 11 is 9.52. The molecule has 1 aliphatic heterocycles. The van der Waals surface area contributed by atoms with Crippen LogP contribution in [-0.4, -0.2) is 16.8 Å². The summed E-state index contributed by atoms with van der Waals surface area (Å²) in [6.07, 6.45) is -0.361. The van der Waals surface area contributed by atoms with Crippen LogP contribution in [0.2, 0.25) is 5.02 Å². The molecule has 0 aromatic heterocycles. The SMILES string of the molecule is Cc1ccccc1CN1C(=O)[C@@](O)(CC(=O)c2cccc(Br)c2)c2cc(Cl)ccc21. The lowest BCUT2D eigenvalue weighted by Gasteiger charge is -2.23. The number of halogens is 2. The van der Waals surface area contributed by atoms with Gasteiger partial charge in [-0.3, -0.25) is 9.59 Å². The van der Waals surface area contributed by atoms with Crippen molar-refractivity contribution in [1.82, 2.24) is 0 Å². The summed E-state index contributed by atoms with van der Waals surface area (Å²) in [5.41, 5.74) is 1.39. The van der Waals surface area contributed by atoms with Gasteiger partial charge in [0.1, 0.15) is 0 Å². The number of anilines is 1. The van der Waals surface area contributed by atoms with Crippen molar-refractivity contribution in [3.63, 3.8) is 0 Å². The van der Waals surface area contributed by atoms with Crippen LogP contribution in [0.25, 0.3) is 0 Å². The van der Waals surface area contributed by atoms with Gasteiger partial charge in [0.05, 0.1) is 18.7 Å². The second-order valence-corrected chi connectivity index (χ2v) is 8.80. The largest absolute Gasteiger partial charge is 0.375 e. The van der Waals surface area contributed by atoms with E-state index in [1.54, 1.807) is 36.4 Å². The quantitative estimate of drug-likeness (QED) is 0.492. The molecule has 0 radical (unpaired) electrons. The number of carbonyl (C=O) groups is 2. The van der Waals surface area contributed by atoms with Gasteiger partial charge in [-0.2, -0.15) is 0 Å². The van der Waals surface area contributed by atoms with E-state index in [-0.39, 0.29) is 12.2 Å². The Morgan fingerprint density at radius 1 is 1.10 bits per heavy atom. The van der Waals surface area contributed by atoms with Crippen molar-refractivity contribution >= 4 is 44.9 Å². The van der Waals surface area contributed by atoms with Crippen LogP contribution in [0.4, 0.5) is 5.69 Å². The van der Waals surface area contributed by atoms with Gasteiger partial charge in [-0.05, 0) is 48.4 Å². The van der Waals surface area contributed by atoms with E-state index in [4.69, 9.17) is 11.6 Å². The number of amides is 1. The van der Waals surface area contributed by atoms with Crippen molar-refractivity contribution in [2.45, 2.75) is 25.5 Å². The first-order valence-electron chi connectivity index (χ1n) is 9.47. The fourth-order valence-corrected chi connectivity index (χ4v) is 4.38. The topological polar surface area (TPSA) is 57.6 Å². The molecule has 0 bridgehead atoms. The Kier molecular flexibility index (Phi) is 5.53. The highest BCUT2D eigenvalue weighted by Gasteiger charge is 2.51. The molecule has 0 unspecified atom stereocenters. The third kappa shape index (κ3) is 3.69. The van der Waals surface area contributed by atoms with Gasteiger partial charge in [-0.25, -0.2) is 0 Å². The molecule has 4 nitrogen and oxygen atoms in total. The van der Waals surface area contributed by atoms with Gasteiger partial charge in [-0.15, -0.1) is 0 Å². The molecule has 0 aliphatic carbocycles. The van der Waals surface area contributed by atoms with Crippen LogP contribution in [0.1, 0.15) is 33.5 Å². The summed E-state index contributed by atoms with van der Waals surface area (Å²) in [4.78, 5) is 27.9. The van der Waals surface area contributed by atoms with E-state index in [1.165, 1.54) is 4.90 Å². The molecule has 3 aromatic rings. The van der Waals surface area contributed by atoms with E-state index in [0.717, 1.165) is 15.6 Å². The second-order valence-electron chi connectivity index (χ2n) is 7.45. The Morgan fingerprint density at radius 2 is 1.87 bits per heavy atom. The van der Waals surface area contributed by atoms with Crippen LogP contribution < -0.4 is 4.90 Å². The minimum Gasteiger partial charge on any atom is -0.375 e. The molecular formula is C24H19BrClNO3. The maximum Gasteiger partial charge on any atom is 0.264 e. The maximum atomic E-state index is 13.4. The van der Waals surface area contributed by atoms with Crippen molar-refractivity contribution in [1.29, 1.82) is 0 Å². The lowest BCUT2D eigenvalue weighted by Crippen LogP contribution is -2.41. The van der Waals surface area contributed by atoms with Crippen LogP contribution >= 0.6 is 27.5 Å². The first kappa shape index (κ1) is 20.8. The maximum absolute atomic E-state index is 13.4. The first-order chi connectivity index (χ1) is 14.3. The minimum absolute atomic E-state index is 0.299. The standard InChI is InChI=1S/C24H19BrClNO3/c1-15-5-2-3-6-17(15)14-27-21-10-9-19(26)12-20(21)24(30,23(27)29)13-22(28)16-7-4-8-18(25)11-16/h2-12,30H,13-14H2,1H3/t24-/m1/s1. The average Bonchev–Trinajstić information content (AvgIpc) is 2.91. The highest BCUT2D eigenvalue weighted by Crippen LogP contribution is 2.45. The summed E-state index contributed by atoms with van der Waals surface area (Å²) in [7, 11) is 0. The molecule has 1 aliphatic rings. The van der Waals surface area contributed by atoms with Crippen molar-refractivity contribution < 1.29 is 14.7 Å². The number of rotatable bonds is 5. The molecule has 0 saturated carbocycles. The molecule has 6 heteroatoms. The third-order valence-electron chi connectivity index (χ3n) is 5.45. The molecule has 152 valence electrons. The van der Waals surface area contributed by atoms with Crippen LogP contribution in [-0.2, 0) is 16.9 Å². The van der Waals surface area contributed by atoms with E-state index in [1.807, 2.05) is 37.3 Å². The van der Waals surface area contributed by atoms with E-state index < -0.39 is 11.5 Å². The lowest BCUT2D eigenvalue weighted by atomic mass is 9.88. The number of benzene rings is 3. The molecule has 1 heterocycles. The second kappa shape index (κ2) is 7.99. The van der Waals surface area contributed by atoms with Gasteiger partial charge in [0.2, 0.25) is 0 Å². The molecule has 1 atom stereocenters. The zero-order chi connectivity index (χ0) is 21.5. The fourth-order valence-electron chi connectivity index (χ4n) is 3.80. The monoisotopic (exact) mass is 483 g/mol. The van der Waals surface area contributed by atoms with E-state index in [0.29, 0.717) is 28.4 Å². The predicted octanol–water partition coefficient (Wildman–Crippen LogP) is 5.42. The molecule has 4 rings (SSSR count). The number of hydrogen-bond donors (Lipinski definition) is 1. The predicted molar refractivity (Wildman–Crippen MR) is 121 cm³/mol. The van der Waals surface area contributed by atoms with Crippen molar-refractivity contribution in [3.05, 3.63) is 98.5 Å². The molecule has 1 amide bonds. The Balaban J connectivity index is 1.73. The summed E-state index contributed by atoms with van der Waals surface area (Å²) < 4.78 is 0.753. The number of Topliss-reactive ketones (excluding diaryl/α,β-unsaturated/α-hetero) is 1. The molecule has 0 spiro atoms. The molecule has 0 saturated heterocycles. The summed E-state index contributed by atoms with van der Waals surface area (Å²) in [5.74, 6) is -0.845. The highest BCUT2D eigenvalue weighted by molar-refractivity contribution is 9.10. The van der Waals surface area contributed by atoms with E-state index >= 15 is 0 Å². The Bertz CT molecular complexity index is 1160. The number of ketones is 1. The molecule has 1 N–H and O–H groups in total. The van der Waals surface area contributed by atoms with Crippen LogP contribution in [0, 0.1) is 6.92 Å². The third-order valence-corrected chi connectivity index (χ3v) is 6.17. The average molecular weight is 485 g/mol. The zero-order valence-electron chi connectivity index (χ0n) is 16.2. The number of fused-ring (bicyclic) bond motifs is 1. The summed E-state index contributed by atoms with van der Waals surface area (Å²) in [5, 5.41) is 11.9. The smallest absolute Gasteiger partial charge is 0.264 e.